The Morgan fingerprint density at radius 2 is 1.97 bits per heavy atom. The average molecular weight is 471 g/mol. The smallest absolute Gasteiger partial charge is 0.340 e. The summed E-state index contributed by atoms with van der Waals surface area (Å²) in [4.78, 5) is 48.8. The van der Waals surface area contributed by atoms with Gasteiger partial charge in [-0.05, 0) is 37.1 Å². The summed E-state index contributed by atoms with van der Waals surface area (Å²) in [6.45, 7) is 1.32. The minimum Gasteiger partial charge on any atom is -0.497 e. The van der Waals surface area contributed by atoms with Crippen LogP contribution in [0, 0.1) is 0 Å². The molecule has 0 spiro atoms. The summed E-state index contributed by atoms with van der Waals surface area (Å²) in [6.07, 6.45) is -0.294. The number of aromatic nitrogens is 5. The number of nitrogens with zero attached hydrogens (tertiary/aromatic N) is 5. The Morgan fingerprint density at radius 3 is 2.62 bits per heavy atom. The van der Waals surface area contributed by atoms with Gasteiger partial charge in [-0.1, -0.05) is 5.21 Å². The van der Waals surface area contributed by atoms with E-state index in [1.54, 1.807) is 12.1 Å². The lowest BCUT2D eigenvalue weighted by Gasteiger charge is -2.14. The fourth-order valence-corrected chi connectivity index (χ4v) is 3.49. The maximum atomic E-state index is 13.2. The lowest BCUT2D eigenvalue weighted by Crippen LogP contribution is -2.32. The van der Waals surface area contributed by atoms with Gasteiger partial charge in [-0.25, -0.2) is 4.79 Å². The lowest BCUT2D eigenvalue weighted by atomic mass is 10.2. The number of nitrogens with two attached hydrogens (primary N) is 1. The predicted octanol–water partition coefficient (Wildman–Crippen LogP) is 0.416. The van der Waals surface area contributed by atoms with Gasteiger partial charge in [0.05, 0.1) is 13.2 Å². The first-order valence-corrected chi connectivity index (χ1v) is 10.2. The fraction of sp³-hybridized carbons (Fsp3) is 0.350. The molecule has 0 aliphatic carbocycles. The van der Waals surface area contributed by atoms with Crippen LogP contribution in [0.3, 0.4) is 0 Å². The number of ether oxygens (including phenoxy) is 3. The molecule has 0 bridgehead atoms. The van der Waals surface area contributed by atoms with E-state index in [-0.39, 0.29) is 29.0 Å². The van der Waals surface area contributed by atoms with Crippen LogP contribution in [0.25, 0.3) is 11.0 Å². The molecule has 0 radical (unpaired) electrons. The van der Waals surface area contributed by atoms with Crippen molar-refractivity contribution in [1.82, 2.24) is 24.8 Å². The first-order valence-electron chi connectivity index (χ1n) is 10.2. The molecule has 3 N–H and O–H groups in total. The van der Waals surface area contributed by atoms with Crippen LogP contribution >= 0.6 is 0 Å². The molecule has 2 amide bonds. The zero-order chi connectivity index (χ0) is 24.4. The van der Waals surface area contributed by atoms with E-state index in [0.29, 0.717) is 23.3 Å². The molecule has 2 aromatic heterocycles. The first kappa shape index (κ1) is 22.8. The molecule has 1 aliphatic heterocycles. The van der Waals surface area contributed by atoms with E-state index in [1.807, 2.05) is 0 Å². The number of methoxy groups -OCH3 is 1. The quantitative estimate of drug-likeness (QED) is 0.478. The Kier molecular flexibility index (Phi) is 6.23. The van der Waals surface area contributed by atoms with Crippen LogP contribution in [-0.4, -0.2) is 62.5 Å². The second-order valence-corrected chi connectivity index (χ2v) is 7.41. The molecule has 14 heteroatoms. The van der Waals surface area contributed by atoms with Crippen molar-refractivity contribution in [3.8, 4) is 5.75 Å². The number of hydrogen-bond acceptors (Lipinski definition) is 10. The summed E-state index contributed by atoms with van der Waals surface area (Å²) in [5.74, 6) is -0.598. The Bertz CT molecular complexity index is 1320. The van der Waals surface area contributed by atoms with Crippen LogP contribution in [-0.2, 0) is 14.3 Å². The van der Waals surface area contributed by atoms with Crippen molar-refractivity contribution in [3.05, 3.63) is 40.2 Å². The molecule has 4 rings (SSSR count). The third kappa shape index (κ3) is 4.43. The van der Waals surface area contributed by atoms with Crippen molar-refractivity contribution in [2.24, 2.45) is 5.73 Å². The highest BCUT2D eigenvalue weighted by atomic mass is 16.6. The Hall–Kier alpha value is -4.33. The van der Waals surface area contributed by atoms with E-state index in [2.05, 4.69) is 20.7 Å². The van der Waals surface area contributed by atoms with E-state index in [4.69, 9.17) is 19.9 Å². The largest absolute Gasteiger partial charge is 0.497 e. The normalized spacial score (nSPS) is 17.5. The minimum absolute atomic E-state index is 0.0387. The van der Waals surface area contributed by atoms with Gasteiger partial charge in [-0.15, -0.1) is 10.2 Å². The predicted molar refractivity (Wildman–Crippen MR) is 115 cm³/mol. The number of esters is 1. The molecule has 34 heavy (non-hydrogen) atoms. The van der Waals surface area contributed by atoms with Gasteiger partial charge in [0.15, 0.2) is 23.1 Å². The zero-order valence-corrected chi connectivity index (χ0v) is 18.3. The van der Waals surface area contributed by atoms with Gasteiger partial charge in [-0.2, -0.15) is 9.36 Å². The second-order valence-electron chi connectivity index (χ2n) is 7.41. The van der Waals surface area contributed by atoms with Gasteiger partial charge in [0, 0.05) is 12.5 Å². The standard InChI is InChI=1S/C20H21N7O7/c1-10(28)33-9-13-7-8-14(34-13)26-19(30)16-15(23-25-26)17(24-27(16)20(21)31)22-18(29)11-3-5-12(32-2)6-4-11/h3-6,13-14H,7-9H2,1-2H3,(H2,21,31)(H,22,24,29). The molecule has 2 unspecified atom stereocenters. The van der Waals surface area contributed by atoms with Crippen molar-refractivity contribution >= 4 is 34.8 Å². The molecular weight excluding hydrogens is 450 g/mol. The maximum absolute atomic E-state index is 13.2. The minimum atomic E-state index is -1.05. The summed E-state index contributed by atoms with van der Waals surface area (Å²) in [7, 11) is 1.50. The second kappa shape index (κ2) is 9.27. The monoisotopic (exact) mass is 471 g/mol. The number of hydrogen-bond donors (Lipinski definition) is 2. The Labute approximate surface area is 191 Å². The summed E-state index contributed by atoms with van der Waals surface area (Å²) < 4.78 is 17.4. The highest BCUT2D eigenvalue weighted by Crippen LogP contribution is 2.27. The molecule has 3 aromatic rings. The summed E-state index contributed by atoms with van der Waals surface area (Å²) in [5, 5.41) is 14.4. The van der Waals surface area contributed by atoms with Gasteiger partial charge in [0.25, 0.3) is 11.5 Å². The van der Waals surface area contributed by atoms with E-state index in [0.717, 1.165) is 4.68 Å². The van der Waals surface area contributed by atoms with Crippen molar-refractivity contribution < 1.29 is 28.6 Å². The molecule has 1 saturated heterocycles. The van der Waals surface area contributed by atoms with Crippen molar-refractivity contribution in [2.75, 3.05) is 19.0 Å². The third-order valence-electron chi connectivity index (χ3n) is 5.14. The van der Waals surface area contributed by atoms with Crippen LogP contribution in [0.1, 0.15) is 36.4 Å². The van der Waals surface area contributed by atoms with Crippen LogP contribution in [0.4, 0.5) is 10.6 Å². The summed E-state index contributed by atoms with van der Waals surface area (Å²) >= 11 is 0. The van der Waals surface area contributed by atoms with Crippen molar-refractivity contribution in [2.45, 2.75) is 32.1 Å². The molecular formula is C20H21N7O7. The van der Waals surface area contributed by atoms with E-state index in [1.165, 1.54) is 26.2 Å². The molecule has 1 aliphatic rings. The van der Waals surface area contributed by atoms with Gasteiger partial charge in [0.1, 0.15) is 12.4 Å². The van der Waals surface area contributed by atoms with E-state index >= 15 is 0 Å². The van der Waals surface area contributed by atoms with Crippen LogP contribution in [0.5, 0.6) is 5.75 Å². The number of fused-ring (bicyclic) bond motifs is 1. The lowest BCUT2D eigenvalue weighted by molar-refractivity contribution is -0.145. The number of carbonyl (C=O) groups excluding carboxylic acids is 3. The molecule has 178 valence electrons. The van der Waals surface area contributed by atoms with Crippen molar-refractivity contribution in [1.29, 1.82) is 0 Å². The highest BCUT2D eigenvalue weighted by molar-refractivity contribution is 6.07. The number of nitrogens with one attached hydrogen (secondary N) is 1. The van der Waals surface area contributed by atoms with E-state index in [9.17, 15) is 19.2 Å². The van der Waals surface area contributed by atoms with Crippen LogP contribution < -0.4 is 21.3 Å². The SMILES string of the molecule is COc1ccc(C(=O)Nc2nn(C(N)=O)c3c(=O)n(C4CCC(COC(C)=O)O4)nnc23)cc1. The van der Waals surface area contributed by atoms with Gasteiger partial charge in [0.2, 0.25) is 0 Å². The summed E-state index contributed by atoms with van der Waals surface area (Å²) in [6, 6.07) is 5.22. The summed E-state index contributed by atoms with van der Waals surface area (Å²) in [5.41, 5.74) is 4.55. The zero-order valence-electron chi connectivity index (χ0n) is 18.3. The third-order valence-corrected chi connectivity index (χ3v) is 5.14. The fourth-order valence-electron chi connectivity index (χ4n) is 3.49. The van der Waals surface area contributed by atoms with Gasteiger partial charge >= 0.3 is 12.0 Å². The number of anilines is 1. The maximum Gasteiger partial charge on any atom is 0.340 e. The number of primary amides is 1. The molecule has 1 fully saturated rings. The molecule has 14 nitrogen and oxygen atoms in total. The number of rotatable bonds is 6. The van der Waals surface area contributed by atoms with Gasteiger partial charge < -0.3 is 25.3 Å². The number of carbonyl (C=O) groups is 3. The molecule has 3 heterocycles. The van der Waals surface area contributed by atoms with Crippen LogP contribution in [0.15, 0.2) is 29.1 Å². The average Bonchev–Trinajstić information content (AvgIpc) is 3.43. The molecule has 1 aromatic carbocycles. The van der Waals surface area contributed by atoms with E-state index < -0.39 is 35.8 Å². The highest BCUT2D eigenvalue weighted by Gasteiger charge is 2.31. The number of amides is 2. The molecule has 2 atom stereocenters. The topological polar surface area (TPSA) is 183 Å². The first-order chi connectivity index (χ1) is 16.3. The van der Waals surface area contributed by atoms with Gasteiger partial charge in [-0.3, -0.25) is 14.4 Å². The Morgan fingerprint density at radius 1 is 1.24 bits per heavy atom. The Balaban J connectivity index is 1.64. The number of benzene rings is 1. The van der Waals surface area contributed by atoms with Crippen molar-refractivity contribution in [3.63, 3.8) is 0 Å². The van der Waals surface area contributed by atoms with Crippen LogP contribution in [0.2, 0.25) is 0 Å². The molecule has 0 saturated carbocycles.